The van der Waals surface area contributed by atoms with E-state index in [4.69, 9.17) is 9.47 Å². The number of carbonyl (C=O) groups is 2. The molecule has 11 heteroatoms. The molecule has 7 atom stereocenters. The minimum atomic E-state index is -0.514. The standard InChI is InChI=1S/C39H56N6O4S/c1-4-33(46)44-24-23-43(25-29(44)18-21-40)37-31-17-20-39(19-16-27-11-9-15-32(48-3)35(27)50-39)36(47)34(31)41-38(49-26-30-14-10-22-42(30)2)45(37)28-12-7-5-6-8-13-28/h4,9,11,15,28-31,34,37-38,41H,1,5-8,10,12-14,16-20,22-26H2,2-3H3/t29?,30?,31?,34?,37?,38?,39-/m0/s1. The predicted molar refractivity (Wildman–Crippen MR) is 195 cm³/mol. The average Bonchev–Trinajstić information content (AvgIpc) is 3.36. The monoisotopic (exact) mass is 704 g/mol. The number of amides is 1. The van der Waals surface area contributed by atoms with Gasteiger partial charge in [-0.3, -0.25) is 19.8 Å². The second-order valence-electron chi connectivity index (χ2n) is 15.5. The Morgan fingerprint density at radius 3 is 2.64 bits per heavy atom. The lowest BCUT2D eigenvalue weighted by atomic mass is 9.71. The average molecular weight is 705 g/mol. The van der Waals surface area contributed by atoms with Gasteiger partial charge in [-0.05, 0) is 82.7 Å². The number of hydrogen-bond acceptors (Lipinski definition) is 10. The summed E-state index contributed by atoms with van der Waals surface area (Å²) in [6.45, 7) is 7.29. The van der Waals surface area contributed by atoms with Crippen LogP contribution in [-0.2, 0) is 20.7 Å². The Labute approximate surface area is 302 Å². The molecule has 0 radical (unpaired) electrons. The van der Waals surface area contributed by atoms with Crippen molar-refractivity contribution in [3.63, 3.8) is 0 Å². The highest BCUT2D eigenvalue weighted by molar-refractivity contribution is 8.01. The predicted octanol–water partition coefficient (Wildman–Crippen LogP) is 4.78. The first-order valence-electron chi connectivity index (χ1n) is 19.2. The van der Waals surface area contributed by atoms with Crippen molar-refractivity contribution in [3.8, 4) is 11.8 Å². The molecule has 50 heavy (non-hydrogen) atoms. The lowest BCUT2D eigenvalue weighted by molar-refractivity contribution is -0.213. The van der Waals surface area contributed by atoms with Crippen molar-refractivity contribution in [1.82, 2.24) is 24.9 Å². The van der Waals surface area contributed by atoms with Crippen LogP contribution >= 0.6 is 11.8 Å². The maximum Gasteiger partial charge on any atom is 0.246 e. The summed E-state index contributed by atoms with van der Waals surface area (Å²) < 4.78 is 12.3. The van der Waals surface area contributed by atoms with E-state index < -0.39 is 11.1 Å². The molecule has 4 aliphatic heterocycles. The summed E-state index contributed by atoms with van der Waals surface area (Å²) >= 11 is 1.73. The third-order valence-corrected chi connectivity index (χ3v) is 14.4. The molecule has 6 unspecified atom stereocenters. The van der Waals surface area contributed by atoms with Crippen LogP contribution in [0.15, 0.2) is 35.7 Å². The molecule has 3 saturated heterocycles. The van der Waals surface area contributed by atoms with Gasteiger partial charge < -0.3 is 19.3 Å². The summed E-state index contributed by atoms with van der Waals surface area (Å²) in [6, 6.07) is 8.71. The molecule has 7 rings (SSSR count). The number of thioether (sulfide) groups is 1. The number of methoxy groups -OCH3 is 1. The highest BCUT2D eigenvalue weighted by Crippen LogP contribution is 2.54. The number of rotatable bonds is 8. The molecule has 10 nitrogen and oxygen atoms in total. The first-order chi connectivity index (χ1) is 24.4. The van der Waals surface area contributed by atoms with Crippen LogP contribution in [0, 0.1) is 17.2 Å². The van der Waals surface area contributed by atoms with Crippen LogP contribution in [0.5, 0.6) is 5.75 Å². The molecule has 1 aromatic rings. The SMILES string of the molecule is C=CC(=O)N1CCN(C2C3CC[C@@]4(CCc5cccc(OC)c5S4)C(=O)C3NC(OCC3CCCN3C)N2C2CCCCCC2)CC1CC#N. The third kappa shape index (κ3) is 6.89. The summed E-state index contributed by atoms with van der Waals surface area (Å²) in [4.78, 5) is 38.6. The number of hydrogen-bond donors (Lipinski definition) is 1. The van der Waals surface area contributed by atoms with Gasteiger partial charge in [0.1, 0.15) is 5.75 Å². The summed E-state index contributed by atoms with van der Waals surface area (Å²) in [6.07, 6.45) is 14.1. The molecule has 1 amide bonds. The second kappa shape index (κ2) is 15.6. The van der Waals surface area contributed by atoms with Gasteiger partial charge in [0.05, 0.1) is 54.1 Å². The highest BCUT2D eigenvalue weighted by atomic mass is 32.2. The summed E-state index contributed by atoms with van der Waals surface area (Å²) in [7, 11) is 3.91. The maximum atomic E-state index is 15.2. The van der Waals surface area contributed by atoms with Gasteiger partial charge in [0, 0.05) is 37.6 Å². The largest absolute Gasteiger partial charge is 0.496 e. The fourth-order valence-corrected chi connectivity index (χ4v) is 11.6. The zero-order valence-corrected chi connectivity index (χ0v) is 30.9. The number of likely N-dealkylation sites (tertiary alicyclic amines) is 1. The minimum absolute atomic E-state index is 0.0328. The highest BCUT2D eigenvalue weighted by Gasteiger charge is 2.59. The van der Waals surface area contributed by atoms with Crippen LogP contribution < -0.4 is 10.1 Å². The smallest absolute Gasteiger partial charge is 0.246 e. The van der Waals surface area contributed by atoms with Crippen LogP contribution in [-0.4, -0.2) is 120 Å². The van der Waals surface area contributed by atoms with Crippen molar-refractivity contribution in [2.24, 2.45) is 5.92 Å². The molecule has 0 bridgehead atoms. The first-order valence-corrected chi connectivity index (χ1v) is 20.0. The number of nitrogens with one attached hydrogen (secondary N) is 1. The number of Topliss-reactive ketones (excluding diaryl/α,β-unsaturated/α-hetero) is 1. The zero-order chi connectivity index (χ0) is 34.8. The van der Waals surface area contributed by atoms with Crippen molar-refractivity contribution in [3.05, 3.63) is 36.4 Å². The van der Waals surface area contributed by atoms with E-state index in [1.165, 1.54) is 43.7 Å². The fraction of sp³-hybridized carbons (Fsp3) is 0.718. The number of fused-ring (bicyclic) bond motifs is 2. The normalized spacial score (nSPS) is 34.5. The lowest BCUT2D eigenvalue weighted by Gasteiger charge is -2.60. The molecule has 0 aromatic heterocycles. The Bertz CT molecular complexity index is 1430. The van der Waals surface area contributed by atoms with Gasteiger partial charge in [-0.2, -0.15) is 5.26 Å². The Hall–Kier alpha value is -2.46. The Morgan fingerprint density at radius 2 is 1.92 bits per heavy atom. The van der Waals surface area contributed by atoms with E-state index in [2.05, 4.69) is 51.8 Å². The van der Waals surface area contributed by atoms with E-state index >= 15 is 4.79 Å². The van der Waals surface area contributed by atoms with E-state index in [-0.39, 0.29) is 36.5 Å². The molecule has 4 heterocycles. The molecule has 272 valence electrons. The van der Waals surface area contributed by atoms with E-state index in [0.717, 1.165) is 62.1 Å². The van der Waals surface area contributed by atoms with Crippen LogP contribution in [0.3, 0.4) is 0 Å². The summed E-state index contributed by atoms with van der Waals surface area (Å²) in [5, 5.41) is 13.8. The van der Waals surface area contributed by atoms with Gasteiger partial charge in [-0.15, -0.1) is 11.8 Å². The van der Waals surface area contributed by atoms with Crippen molar-refractivity contribution in [2.75, 3.05) is 46.9 Å². The van der Waals surface area contributed by atoms with Crippen molar-refractivity contribution >= 4 is 23.5 Å². The van der Waals surface area contributed by atoms with Crippen LogP contribution in [0.2, 0.25) is 0 Å². The number of ether oxygens (including phenoxy) is 2. The van der Waals surface area contributed by atoms with Gasteiger partial charge >= 0.3 is 0 Å². The minimum Gasteiger partial charge on any atom is -0.496 e. The van der Waals surface area contributed by atoms with E-state index in [9.17, 15) is 10.1 Å². The number of carbonyl (C=O) groups excluding carboxylic acids is 2. The van der Waals surface area contributed by atoms with Gasteiger partial charge in [-0.25, -0.2) is 4.90 Å². The van der Waals surface area contributed by atoms with Gasteiger partial charge in [0.2, 0.25) is 5.91 Å². The maximum absolute atomic E-state index is 15.2. The zero-order valence-electron chi connectivity index (χ0n) is 30.1. The number of ketones is 1. The number of nitrogens with zero attached hydrogens (tertiary/aromatic N) is 5. The molecule has 1 N–H and O–H groups in total. The Kier molecular flexibility index (Phi) is 11.2. The van der Waals surface area contributed by atoms with Crippen molar-refractivity contribution in [1.29, 1.82) is 5.26 Å². The van der Waals surface area contributed by atoms with Gasteiger partial charge in [-0.1, -0.05) is 44.4 Å². The number of benzene rings is 1. The molecular formula is C39H56N6O4S. The fourth-order valence-electron chi connectivity index (χ4n) is 10.0. The van der Waals surface area contributed by atoms with Crippen molar-refractivity contribution < 1.29 is 19.1 Å². The molecule has 5 fully saturated rings. The Morgan fingerprint density at radius 1 is 1.10 bits per heavy atom. The van der Waals surface area contributed by atoms with E-state index in [1.54, 1.807) is 18.9 Å². The molecule has 1 aromatic carbocycles. The lowest BCUT2D eigenvalue weighted by Crippen LogP contribution is -2.77. The topological polar surface area (TPSA) is 101 Å². The molecular weight excluding hydrogens is 649 g/mol. The Balaban J connectivity index is 1.25. The first kappa shape index (κ1) is 35.9. The molecule has 6 aliphatic rings. The summed E-state index contributed by atoms with van der Waals surface area (Å²) in [5.41, 5.74) is 1.27. The van der Waals surface area contributed by atoms with E-state index in [0.29, 0.717) is 44.1 Å². The van der Waals surface area contributed by atoms with Gasteiger partial charge in [0.25, 0.3) is 0 Å². The van der Waals surface area contributed by atoms with Crippen LogP contribution in [0.25, 0.3) is 0 Å². The van der Waals surface area contributed by atoms with Crippen molar-refractivity contribution in [2.45, 2.75) is 130 Å². The number of aryl methyl sites for hydroxylation is 1. The number of nitriles is 1. The quantitative estimate of drug-likeness (QED) is 0.301. The van der Waals surface area contributed by atoms with E-state index in [1.807, 2.05) is 11.0 Å². The summed E-state index contributed by atoms with van der Waals surface area (Å²) in [5.74, 6) is 1.10. The molecule has 2 saturated carbocycles. The number of likely N-dealkylation sites (N-methyl/N-ethyl adjacent to an activating group) is 1. The second-order valence-corrected chi connectivity index (χ2v) is 16.9. The molecule has 2 aliphatic carbocycles. The number of piperazine rings is 1. The molecule has 1 spiro atoms. The van der Waals surface area contributed by atoms with Crippen LogP contribution in [0.4, 0.5) is 0 Å². The van der Waals surface area contributed by atoms with Gasteiger partial charge in [0.15, 0.2) is 12.1 Å². The third-order valence-electron chi connectivity index (χ3n) is 12.7. The van der Waals surface area contributed by atoms with Crippen LogP contribution in [0.1, 0.15) is 82.6 Å².